The second kappa shape index (κ2) is 15.6. The van der Waals surface area contributed by atoms with Gasteiger partial charge in [0, 0.05) is 0 Å². The average Bonchev–Trinajstić information content (AvgIpc) is 3.39. The standard InChI is InChI=1S/C66H42/c1-3-17-49-39-53(33-29-43(49)13-1)65-60-23-9-10-24-61(60)66(54-34-30-44-14-2-4-18-50(44)40-54)64-41-51(35-38-62(64)65)45-27-31-48(32-28-45)58-37-36-52(57-25-11-19-46-15-5-7-21-55(46)57)42-63(58)59-26-12-20-47-16-6-8-22-56(47)59/h1-42H. The smallest absolute Gasteiger partial charge is 0.00259 e. The molecule has 0 aliphatic rings. The van der Waals surface area contributed by atoms with Crippen molar-refractivity contribution >= 4 is 64.6 Å². The Balaban J connectivity index is 0.990. The Morgan fingerprint density at radius 2 is 0.576 bits per heavy atom. The second-order valence-electron chi connectivity index (χ2n) is 17.6. The topological polar surface area (TPSA) is 0 Å². The molecule has 13 rings (SSSR count). The highest BCUT2D eigenvalue weighted by molar-refractivity contribution is 6.22. The van der Waals surface area contributed by atoms with Crippen LogP contribution in [0.5, 0.6) is 0 Å². The number of benzene rings is 13. The van der Waals surface area contributed by atoms with Crippen molar-refractivity contribution in [2.24, 2.45) is 0 Å². The van der Waals surface area contributed by atoms with Crippen LogP contribution in [0, 0.1) is 0 Å². The van der Waals surface area contributed by atoms with Gasteiger partial charge in [0.1, 0.15) is 0 Å². The summed E-state index contributed by atoms with van der Waals surface area (Å²) in [6.45, 7) is 0. The Kier molecular flexibility index (Phi) is 8.96. The molecule has 0 aromatic heterocycles. The van der Waals surface area contributed by atoms with Gasteiger partial charge in [-0.15, -0.1) is 0 Å². The minimum atomic E-state index is 1.18. The highest BCUT2D eigenvalue weighted by Crippen LogP contribution is 2.46. The largest absolute Gasteiger partial charge is 0.0616 e. The van der Waals surface area contributed by atoms with Gasteiger partial charge in [-0.25, -0.2) is 0 Å². The van der Waals surface area contributed by atoms with Crippen LogP contribution in [0.15, 0.2) is 255 Å². The van der Waals surface area contributed by atoms with Crippen LogP contribution in [-0.4, -0.2) is 0 Å². The van der Waals surface area contributed by atoms with Crippen LogP contribution in [0.25, 0.3) is 131 Å². The first-order valence-corrected chi connectivity index (χ1v) is 22.9. The van der Waals surface area contributed by atoms with Crippen LogP contribution >= 0.6 is 0 Å². The fourth-order valence-electron chi connectivity index (χ4n) is 10.6. The van der Waals surface area contributed by atoms with Crippen LogP contribution in [0.3, 0.4) is 0 Å². The van der Waals surface area contributed by atoms with E-state index in [1.165, 1.54) is 131 Å². The summed E-state index contributed by atoms with van der Waals surface area (Å²) < 4.78 is 0. The lowest BCUT2D eigenvalue weighted by Crippen LogP contribution is -1.92. The minimum Gasteiger partial charge on any atom is -0.0616 e. The van der Waals surface area contributed by atoms with Crippen LogP contribution in [0.4, 0.5) is 0 Å². The molecule has 0 aliphatic carbocycles. The van der Waals surface area contributed by atoms with Crippen molar-refractivity contribution in [3.05, 3.63) is 255 Å². The zero-order chi connectivity index (χ0) is 43.6. The average molecular weight is 835 g/mol. The molecule has 0 unspecified atom stereocenters. The van der Waals surface area contributed by atoms with Crippen LogP contribution < -0.4 is 0 Å². The molecule has 0 saturated carbocycles. The first-order chi connectivity index (χ1) is 32.7. The summed E-state index contributed by atoms with van der Waals surface area (Å²) in [4.78, 5) is 0. The SMILES string of the molecule is c1ccc2cc(-c3c4ccccc4c(-c4ccc5ccccc5c4)c4cc(-c5ccc(-c6ccc(-c7cccc8ccccc78)cc6-c6cccc7ccccc67)cc5)ccc34)ccc2c1. The maximum Gasteiger partial charge on any atom is -0.00259 e. The summed E-state index contributed by atoms with van der Waals surface area (Å²) in [5, 5.41) is 15.0. The Labute approximate surface area is 384 Å². The van der Waals surface area contributed by atoms with Gasteiger partial charge in [-0.2, -0.15) is 0 Å². The summed E-state index contributed by atoms with van der Waals surface area (Å²) in [6, 6.07) is 94.3. The lowest BCUT2D eigenvalue weighted by Gasteiger charge is -2.19. The zero-order valence-corrected chi connectivity index (χ0v) is 36.2. The van der Waals surface area contributed by atoms with Crippen molar-refractivity contribution in [3.63, 3.8) is 0 Å². The molecular formula is C66H42. The monoisotopic (exact) mass is 834 g/mol. The number of fused-ring (bicyclic) bond motifs is 6. The molecule has 0 atom stereocenters. The summed E-state index contributed by atoms with van der Waals surface area (Å²) in [5.74, 6) is 0. The van der Waals surface area contributed by atoms with E-state index >= 15 is 0 Å². The van der Waals surface area contributed by atoms with E-state index in [9.17, 15) is 0 Å². The number of hydrogen-bond donors (Lipinski definition) is 0. The molecule has 0 heterocycles. The molecule has 0 N–H and O–H groups in total. The number of rotatable bonds is 6. The van der Waals surface area contributed by atoms with E-state index in [1.807, 2.05) is 0 Å². The third-order valence-corrected chi connectivity index (χ3v) is 13.8. The first-order valence-electron chi connectivity index (χ1n) is 22.9. The molecule has 0 radical (unpaired) electrons. The predicted molar refractivity (Wildman–Crippen MR) is 284 cm³/mol. The fourth-order valence-corrected chi connectivity index (χ4v) is 10.6. The lowest BCUT2D eigenvalue weighted by atomic mass is 9.84. The summed E-state index contributed by atoms with van der Waals surface area (Å²) >= 11 is 0. The molecule has 0 fully saturated rings. The van der Waals surface area contributed by atoms with Gasteiger partial charge < -0.3 is 0 Å². The number of hydrogen-bond acceptors (Lipinski definition) is 0. The molecule has 0 heteroatoms. The molecule has 306 valence electrons. The maximum absolute atomic E-state index is 2.44. The van der Waals surface area contributed by atoms with Crippen molar-refractivity contribution in [1.29, 1.82) is 0 Å². The fraction of sp³-hybridized carbons (Fsp3) is 0. The highest BCUT2D eigenvalue weighted by Gasteiger charge is 2.19. The van der Waals surface area contributed by atoms with E-state index in [0.717, 1.165) is 0 Å². The summed E-state index contributed by atoms with van der Waals surface area (Å²) in [6.07, 6.45) is 0. The van der Waals surface area contributed by atoms with Crippen molar-refractivity contribution in [1.82, 2.24) is 0 Å². The third-order valence-electron chi connectivity index (χ3n) is 13.8. The van der Waals surface area contributed by atoms with E-state index in [2.05, 4.69) is 255 Å². The predicted octanol–water partition coefficient (Wildman–Crippen LogP) is 18.6. The molecule has 0 spiro atoms. The molecule has 13 aromatic carbocycles. The van der Waals surface area contributed by atoms with E-state index in [1.54, 1.807) is 0 Å². The van der Waals surface area contributed by atoms with Crippen LogP contribution in [0.2, 0.25) is 0 Å². The molecule has 66 heavy (non-hydrogen) atoms. The Morgan fingerprint density at radius 1 is 0.152 bits per heavy atom. The van der Waals surface area contributed by atoms with Crippen molar-refractivity contribution < 1.29 is 0 Å². The lowest BCUT2D eigenvalue weighted by molar-refractivity contribution is 1.58. The summed E-state index contributed by atoms with van der Waals surface area (Å²) in [5.41, 5.74) is 14.7. The Hall–Kier alpha value is -8.58. The Bertz CT molecular complexity index is 4030. The van der Waals surface area contributed by atoms with Gasteiger partial charge in [0.25, 0.3) is 0 Å². The van der Waals surface area contributed by atoms with E-state index in [-0.39, 0.29) is 0 Å². The molecule has 0 nitrogen and oxygen atoms in total. The van der Waals surface area contributed by atoms with Gasteiger partial charge in [0.2, 0.25) is 0 Å². The molecule has 13 aromatic rings. The molecule has 0 aliphatic heterocycles. The normalized spacial score (nSPS) is 11.6. The van der Waals surface area contributed by atoms with Crippen molar-refractivity contribution in [3.8, 4) is 66.8 Å². The van der Waals surface area contributed by atoms with Gasteiger partial charge in [-0.3, -0.25) is 0 Å². The third kappa shape index (κ3) is 6.38. The van der Waals surface area contributed by atoms with Crippen LogP contribution in [-0.2, 0) is 0 Å². The van der Waals surface area contributed by atoms with Crippen molar-refractivity contribution in [2.45, 2.75) is 0 Å². The van der Waals surface area contributed by atoms with E-state index < -0.39 is 0 Å². The van der Waals surface area contributed by atoms with Gasteiger partial charge in [-0.1, -0.05) is 231 Å². The molecular weight excluding hydrogens is 793 g/mol. The van der Waals surface area contributed by atoms with Crippen molar-refractivity contribution in [2.75, 3.05) is 0 Å². The van der Waals surface area contributed by atoms with Gasteiger partial charge >= 0.3 is 0 Å². The molecule has 0 saturated heterocycles. The molecule has 0 amide bonds. The minimum absolute atomic E-state index is 1.18. The Morgan fingerprint density at radius 3 is 1.20 bits per heavy atom. The van der Waals surface area contributed by atoms with E-state index in [4.69, 9.17) is 0 Å². The van der Waals surface area contributed by atoms with Crippen LogP contribution in [0.1, 0.15) is 0 Å². The van der Waals surface area contributed by atoms with Gasteiger partial charge in [-0.05, 0) is 156 Å². The highest BCUT2D eigenvalue weighted by atomic mass is 14.2. The zero-order valence-electron chi connectivity index (χ0n) is 36.2. The first kappa shape index (κ1) is 37.9. The second-order valence-corrected chi connectivity index (χ2v) is 17.6. The van der Waals surface area contributed by atoms with E-state index in [0.29, 0.717) is 0 Å². The maximum atomic E-state index is 2.44. The summed E-state index contributed by atoms with van der Waals surface area (Å²) in [7, 11) is 0. The quantitative estimate of drug-likeness (QED) is 0.146. The molecule has 0 bridgehead atoms. The van der Waals surface area contributed by atoms with Gasteiger partial charge in [0.15, 0.2) is 0 Å². The van der Waals surface area contributed by atoms with Gasteiger partial charge in [0.05, 0.1) is 0 Å².